The van der Waals surface area contributed by atoms with Gasteiger partial charge in [-0.15, -0.1) is 0 Å². The molecule has 0 saturated carbocycles. The van der Waals surface area contributed by atoms with Crippen molar-refractivity contribution in [1.29, 1.82) is 0 Å². The highest BCUT2D eigenvalue weighted by Crippen LogP contribution is 2.20. The summed E-state index contributed by atoms with van der Waals surface area (Å²) in [5, 5.41) is 3.93. The normalized spacial score (nSPS) is 11.3. The summed E-state index contributed by atoms with van der Waals surface area (Å²) in [5.41, 5.74) is 0.985. The smallest absolute Gasteiger partial charge is 0.254 e. The fourth-order valence-corrected chi connectivity index (χ4v) is 3.36. The van der Waals surface area contributed by atoms with Crippen molar-refractivity contribution >= 4 is 15.9 Å². The molecule has 0 unspecified atom stereocenters. The molecule has 29 heavy (non-hydrogen) atoms. The molecule has 0 saturated heterocycles. The molecular formula is C19H20N4O5S. The number of carbonyl (C=O) groups is 1. The highest BCUT2D eigenvalue weighted by atomic mass is 32.2. The quantitative estimate of drug-likeness (QED) is 0.626. The van der Waals surface area contributed by atoms with Crippen LogP contribution in [0.3, 0.4) is 0 Å². The molecule has 0 spiro atoms. The van der Waals surface area contributed by atoms with Gasteiger partial charge >= 0.3 is 0 Å². The van der Waals surface area contributed by atoms with E-state index in [2.05, 4.69) is 14.9 Å². The van der Waals surface area contributed by atoms with E-state index in [1.807, 2.05) is 0 Å². The summed E-state index contributed by atoms with van der Waals surface area (Å²) in [6.45, 7) is 0.0744. The first kappa shape index (κ1) is 20.5. The molecule has 3 rings (SSSR count). The van der Waals surface area contributed by atoms with Crippen LogP contribution >= 0.6 is 0 Å². The van der Waals surface area contributed by atoms with E-state index < -0.39 is 10.0 Å². The molecule has 1 heterocycles. The van der Waals surface area contributed by atoms with Crippen LogP contribution in [0.25, 0.3) is 11.4 Å². The van der Waals surface area contributed by atoms with Gasteiger partial charge in [0.05, 0.1) is 18.6 Å². The van der Waals surface area contributed by atoms with Crippen LogP contribution in [0.2, 0.25) is 0 Å². The molecule has 9 nitrogen and oxygen atoms in total. The van der Waals surface area contributed by atoms with Crippen LogP contribution in [0.1, 0.15) is 16.2 Å². The van der Waals surface area contributed by atoms with Crippen molar-refractivity contribution in [2.75, 3.05) is 21.2 Å². The Morgan fingerprint density at radius 3 is 2.59 bits per heavy atom. The van der Waals surface area contributed by atoms with Gasteiger partial charge in [-0.2, -0.15) is 4.98 Å². The van der Waals surface area contributed by atoms with E-state index >= 15 is 0 Å². The Morgan fingerprint density at radius 1 is 1.21 bits per heavy atom. The third kappa shape index (κ3) is 4.61. The highest BCUT2D eigenvalue weighted by Gasteiger charge is 2.19. The number of aromatic nitrogens is 2. The van der Waals surface area contributed by atoms with Gasteiger partial charge in [0, 0.05) is 18.2 Å². The Bertz CT molecular complexity index is 1110. The third-order valence-corrected chi connectivity index (χ3v) is 5.61. The Labute approximate surface area is 168 Å². The topological polar surface area (TPSA) is 115 Å². The lowest BCUT2D eigenvalue weighted by molar-refractivity contribution is 0.0769. The van der Waals surface area contributed by atoms with E-state index in [4.69, 9.17) is 9.26 Å². The number of hydrogen-bond acceptors (Lipinski definition) is 7. The number of nitrogens with one attached hydrogen (secondary N) is 1. The van der Waals surface area contributed by atoms with Crippen molar-refractivity contribution in [2.24, 2.45) is 0 Å². The number of nitrogens with zero attached hydrogens (tertiary/aromatic N) is 3. The van der Waals surface area contributed by atoms with Gasteiger partial charge in [0.15, 0.2) is 0 Å². The Hall–Kier alpha value is -3.24. The fourth-order valence-electron chi connectivity index (χ4n) is 2.59. The van der Waals surface area contributed by atoms with E-state index in [0.717, 1.165) is 5.56 Å². The lowest BCUT2D eigenvalue weighted by atomic mass is 10.2. The average Bonchev–Trinajstić information content (AvgIpc) is 3.21. The average molecular weight is 416 g/mol. The monoisotopic (exact) mass is 416 g/mol. The molecule has 0 aliphatic carbocycles. The van der Waals surface area contributed by atoms with Crippen LogP contribution in [0.15, 0.2) is 57.9 Å². The predicted octanol–water partition coefficient (Wildman–Crippen LogP) is 1.93. The minimum Gasteiger partial charge on any atom is -0.497 e. The van der Waals surface area contributed by atoms with E-state index in [-0.39, 0.29) is 28.8 Å². The van der Waals surface area contributed by atoms with Gasteiger partial charge in [-0.3, -0.25) is 4.79 Å². The summed E-state index contributed by atoms with van der Waals surface area (Å²) >= 11 is 0. The standard InChI is InChI=1S/C19H20N4O5S/c1-20-29(25,26)16-6-4-5-14(11-16)19(24)23(2)12-17-21-18(22-28-17)13-7-9-15(27-3)10-8-13/h4-11,20H,12H2,1-3H3. The second-order valence-electron chi connectivity index (χ2n) is 6.14. The number of amides is 1. The zero-order valence-electron chi connectivity index (χ0n) is 16.1. The predicted molar refractivity (Wildman–Crippen MR) is 105 cm³/mol. The van der Waals surface area contributed by atoms with E-state index in [9.17, 15) is 13.2 Å². The number of methoxy groups -OCH3 is 1. The summed E-state index contributed by atoms with van der Waals surface area (Å²) in [6.07, 6.45) is 0. The van der Waals surface area contributed by atoms with Crippen LogP contribution in [0.5, 0.6) is 5.75 Å². The van der Waals surface area contributed by atoms with E-state index in [1.54, 1.807) is 44.5 Å². The molecule has 0 radical (unpaired) electrons. The summed E-state index contributed by atoms with van der Waals surface area (Å²) in [7, 11) is 0.820. The summed E-state index contributed by atoms with van der Waals surface area (Å²) in [6, 6.07) is 13.0. The highest BCUT2D eigenvalue weighted by molar-refractivity contribution is 7.89. The van der Waals surface area contributed by atoms with Gasteiger partial charge in [-0.1, -0.05) is 11.2 Å². The Morgan fingerprint density at radius 2 is 1.93 bits per heavy atom. The summed E-state index contributed by atoms with van der Waals surface area (Å²) in [4.78, 5) is 18.4. The molecule has 0 fully saturated rings. The molecule has 0 aliphatic heterocycles. The zero-order chi connectivity index (χ0) is 21.0. The number of sulfonamides is 1. The second-order valence-corrected chi connectivity index (χ2v) is 8.02. The summed E-state index contributed by atoms with van der Waals surface area (Å²) < 4.78 is 36.5. The first-order valence-corrected chi connectivity index (χ1v) is 10.1. The van der Waals surface area contributed by atoms with Crippen molar-refractivity contribution < 1.29 is 22.5 Å². The first-order chi connectivity index (χ1) is 13.8. The number of hydrogen-bond donors (Lipinski definition) is 1. The van der Waals surface area contributed by atoms with Crippen LogP contribution in [-0.4, -0.2) is 50.6 Å². The van der Waals surface area contributed by atoms with Gasteiger partial charge in [-0.25, -0.2) is 13.1 Å². The van der Waals surface area contributed by atoms with E-state index in [0.29, 0.717) is 11.6 Å². The molecule has 3 aromatic rings. The van der Waals surface area contributed by atoms with Gasteiger partial charge in [0.25, 0.3) is 5.91 Å². The van der Waals surface area contributed by atoms with Crippen LogP contribution < -0.4 is 9.46 Å². The first-order valence-electron chi connectivity index (χ1n) is 8.60. The molecule has 1 N–H and O–H groups in total. The molecule has 152 valence electrons. The fraction of sp³-hybridized carbons (Fsp3) is 0.211. The third-order valence-electron chi connectivity index (χ3n) is 4.20. The molecule has 1 amide bonds. The van der Waals surface area contributed by atoms with Crippen LogP contribution in [0, 0.1) is 0 Å². The number of benzene rings is 2. The van der Waals surface area contributed by atoms with Crippen LogP contribution in [0.4, 0.5) is 0 Å². The van der Waals surface area contributed by atoms with Crippen molar-refractivity contribution in [3.05, 3.63) is 60.0 Å². The lowest BCUT2D eigenvalue weighted by Crippen LogP contribution is -2.27. The molecule has 10 heteroatoms. The largest absolute Gasteiger partial charge is 0.497 e. The molecule has 0 aliphatic rings. The van der Waals surface area contributed by atoms with Crippen LogP contribution in [-0.2, 0) is 16.6 Å². The van der Waals surface area contributed by atoms with Gasteiger partial charge in [0.2, 0.25) is 21.7 Å². The molecule has 1 aromatic heterocycles. The number of rotatable bonds is 7. The molecule has 0 bridgehead atoms. The maximum Gasteiger partial charge on any atom is 0.254 e. The Balaban J connectivity index is 1.73. The summed E-state index contributed by atoms with van der Waals surface area (Å²) in [5.74, 6) is 0.990. The van der Waals surface area contributed by atoms with Gasteiger partial charge in [0.1, 0.15) is 5.75 Å². The minimum absolute atomic E-state index is 0.0128. The zero-order valence-corrected chi connectivity index (χ0v) is 16.9. The van der Waals surface area contributed by atoms with Crippen molar-refractivity contribution in [1.82, 2.24) is 19.8 Å². The van der Waals surface area contributed by atoms with E-state index in [1.165, 1.54) is 30.1 Å². The van der Waals surface area contributed by atoms with Crippen molar-refractivity contribution in [3.8, 4) is 17.1 Å². The maximum absolute atomic E-state index is 12.7. The van der Waals surface area contributed by atoms with Crippen molar-refractivity contribution in [3.63, 3.8) is 0 Å². The molecule has 0 atom stereocenters. The molecule has 2 aromatic carbocycles. The second kappa shape index (κ2) is 8.41. The Kier molecular flexibility index (Phi) is 5.95. The number of ether oxygens (including phenoxy) is 1. The van der Waals surface area contributed by atoms with Gasteiger partial charge in [-0.05, 0) is 49.5 Å². The minimum atomic E-state index is -3.64. The van der Waals surface area contributed by atoms with Crippen molar-refractivity contribution in [2.45, 2.75) is 11.4 Å². The number of carbonyl (C=O) groups excluding carboxylic acids is 1. The maximum atomic E-state index is 12.7. The van der Waals surface area contributed by atoms with Gasteiger partial charge < -0.3 is 14.2 Å². The molecular weight excluding hydrogens is 396 g/mol. The SMILES string of the molecule is CNS(=O)(=O)c1cccc(C(=O)N(C)Cc2nc(-c3ccc(OC)cc3)no2)c1. The lowest BCUT2D eigenvalue weighted by Gasteiger charge is -2.15.